The van der Waals surface area contributed by atoms with Gasteiger partial charge in [0.15, 0.2) is 11.6 Å². The Morgan fingerprint density at radius 2 is 1.77 bits per heavy atom. The lowest BCUT2D eigenvalue weighted by molar-refractivity contribution is -0.376. The number of ether oxygens (including phenoxy) is 1. The first-order valence-corrected chi connectivity index (χ1v) is 11.4. The summed E-state index contributed by atoms with van der Waals surface area (Å²) in [4.78, 5) is 29.5. The molecular formula is C24H17ClF6N4O4. The van der Waals surface area contributed by atoms with Gasteiger partial charge in [0.1, 0.15) is 13.2 Å². The van der Waals surface area contributed by atoms with Gasteiger partial charge >= 0.3 is 12.4 Å². The van der Waals surface area contributed by atoms with Crippen molar-refractivity contribution >= 4 is 34.7 Å². The van der Waals surface area contributed by atoms with Crippen LogP contribution in [-0.4, -0.2) is 41.5 Å². The van der Waals surface area contributed by atoms with Crippen LogP contribution in [0.2, 0.25) is 5.02 Å². The number of nitrogens with one attached hydrogen (secondary N) is 1. The molecule has 1 aliphatic rings. The van der Waals surface area contributed by atoms with Crippen molar-refractivity contribution in [2.75, 3.05) is 23.4 Å². The van der Waals surface area contributed by atoms with Gasteiger partial charge in [-0.05, 0) is 35.9 Å². The lowest BCUT2D eigenvalue weighted by Gasteiger charge is -2.32. The van der Waals surface area contributed by atoms with E-state index in [-0.39, 0.29) is 35.2 Å². The number of fused-ring (bicyclic) bond motifs is 1. The summed E-state index contributed by atoms with van der Waals surface area (Å²) in [5, 5.41) is 14.9. The Kier molecular flexibility index (Phi) is 7.45. The number of nitrogens with zero attached hydrogens (tertiary/aromatic N) is 3. The maximum absolute atomic E-state index is 13.1. The van der Waals surface area contributed by atoms with Gasteiger partial charge in [-0.1, -0.05) is 35.0 Å². The number of hydrogen-bond donors (Lipinski definition) is 2. The monoisotopic (exact) mass is 574 g/mol. The zero-order chi connectivity index (χ0) is 28.6. The molecule has 2 aromatic carbocycles. The molecule has 3 aromatic rings. The zero-order valence-corrected chi connectivity index (χ0v) is 20.2. The number of amides is 1. The van der Waals surface area contributed by atoms with E-state index >= 15 is 0 Å². The Labute approximate surface area is 221 Å². The second kappa shape index (κ2) is 10.3. The summed E-state index contributed by atoms with van der Waals surface area (Å²) in [6.45, 7) is 0.303. The Morgan fingerprint density at radius 3 is 2.36 bits per heavy atom. The molecule has 0 unspecified atom stereocenters. The van der Waals surface area contributed by atoms with Gasteiger partial charge in [-0.2, -0.15) is 31.2 Å². The molecule has 0 saturated carbocycles. The first kappa shape index (κ1) is 28.1. The molecule has 1 amide bonds. The molecule has 0 aliphatic carbocycles. The van der Waals surface area contributed by atoms with E-state index in [9.17, 15) is 41.2 Å². The van der Waals surface area contributed by atoms with Crippen LogP contribution in [0.15, 0.2) is 59.9 Å². The summed E-state index contributed by atoms with van der Waals surface area (Å²) in [5.41, 5.74) is -5.76. The molecule has 0 bridgehead atoms. The van der Waals surface area contributed by atoms with Gasteiger partial charge < -0.3 is 20.1 Å². The van der Waals surface area contributed by atoms with Gasteiger partial charge in [0.2, 0.25) is 0 Å². The number of halogens is 7. The van der Waals surface area contributed by atoms with Crippen LogP contribution in [0.25, 0.3) is 0 Å². The van der Waals surface area contributed by atoms with E-state index in [0.717, 1.165) is 12.1 Å². The van der Waals surface area contributed by atoms with E-state index < -0.39 is 29.4 Å². The number of nitroso groups, excluding NO2 is 1. The van der Waals surface area contributed by atoms with Crippen molar-refractivity contribution < 1.29 is 41.0 Å². The molecule has 4 rings (SSSR count). The summed E-state index contributed by atoms with van der Waals surface area (Å²) in [7, 11) is 0. The number of benzene rings is 2. The average Bonchev–Trinajstić information content (AvgIpc) is 2.87. The van der Waals surface area contributed by atoms with Crippen molar-refractivity contribution in [1.82, 2.24) is 4.98 Å². The number of alkyl halides is 6. The smallest absolute Gasteiger partial charge is 0.430 e. The maximum Gasteiger partial charge on any atom is 0.430 e. The van der Waals surface area contributed by atoms with Crippen molar-refractivity contribution in [1.29, 1.82) is 0 Å². The third-order valence-corrected chi connectivity index (χ3v) is 6.13. The van der Waals surface area contributed by atoms with Crippen molar-refractivity contribution in [2.45, 2.75) is 24.5 Å². The number of rotatable bonds is 6. The largest absolute Gasteiger partial charge is 0.489 e. The van der Waals surface area contributed by atoms with E-state index in [2.05, 4.69) is 15.5 Å². The van der Waals surface area contributed by atoms with Gasteiger partial charge in [0, 0.05) is 17.4 Å². The third kappa shape index (κ3) is 5.21. The Balaban J connectivity index is 1.61. The second-order valence-electron chi connectivity index (χ2n) is 8.33. The number of aliphatic hydroxyl groups is 1. The topological polar surface area (TPSA) is 104 Å². The van der Waals surface area contributed by atoms with Gasteiger partial charge in [-0.3, -0.25) is 4.79 Å². The highest BCUT2D eigenvalue weighted by atomic mass is 35.5. The highest BCUT2D eigenvalue weighted by molar-refractivity contribution is 6.33. The highest BCUT2D eigenvalue weighted by Crippen LogP contribution is 2.50. The zero-order valence-electron chi connectivity index (χ0n) is 19.5. The average molecular weight is 575 g/mol. The van der Waals surface area contributed by atoms with Crippen LogP contribution < -0.4 is 15.0 Å². The van der Waals surface area contributed by atoms with Crippen LogP contribution in [0.5, 0.6) is 5.75 Å². The first-order valence-electron chi connectivity index (χ1n) is 11.0. The number of carbonyl (C=O) groups is 1. The van der Waals surface area contributed by atoms with Crippen molar-refractivity contribution in [3.8, 4) is 5.75 Å². The minimum absolute atomic E-state index is 0.0151. The fraction of sp³-hybridized carbons (Fsp3) is 0.250. The normalized spacial score (nSPS) is 13.9. The number of pyridine rings is 1. The van der Waals surface area contributed by atoms with Crippen molar-refractivity contribution in [3.05, 3.63) is 81.3 Å². The highest BCUT2D eigenvalue weighted by Gasteiger charge is 2.71. The first-order chi connectivity index (χ1) is 18.3. The minimum Gasteiger partial charge on any atom is -0.489 e. The number of anilines is 3. The summed E-state index contributed by atoms with van der Waals surface area (Å²) in [6.07, 6.45) is -10.6. The SMILES string of the molecule is O=NCc1cnc(N2CCOc3c(C(=O)Nc4ccc(C(O)(C(F)(F)F)C(F)(F)F)cc4)cccc32)c(Cl)c1. The Bertz CT molecular complexity index is 1380. The standard InChI is InChI=1S/C24H17ClF6N4O4/c25-17-10-13(12-33-38)11-32-20(17)35-8-9-39-19-16(2-1-3-18(19)35)21(36)34-15-6-4-14(5-7-15)22(37,23(26,27)28)24(29,30)31/h1-7,10-11,37H,8-9,12H2,(H,34,36). The molecule has 2 heterocycles. The van der Waals surface area contributed by atoms with E-state index in [1.807, 2.05) is 0 Å². The predicted molar refractivity (Wildman–Crippen MR) is 128 cm³/mol. The van der Waals surface area contributed by atoms with Crippen LogP contribution in [0.1, 0.15) is 21.5 Å². The molecule has 8 nitrogen and oxygen atoms in total. The molecule has 0 radical (unpaired) electrons. The van der Waals surface area contributed by atoms with E-state index in [0.29, 0.717) is 35.7 Å². The minimum atomic E-state index is -6.04. The molecule has 0 atom stereocenters. The molecule has 2 N–H and O–H groups in total. The van der Waals surface area contributed by atoms with E-state index in [1.54, 1.807) is 11.0 Å². The van der Waals surface area contributed by atoms with Crippen molar-refractivity contribution in [2.24, 2.45) is 5.18 Å². The fourth-order valence-corrected chi connectivity index (χ4v) is 4.25. The second-order valence-corrected chi connectivity index (χ2v) is 8.73. The van der Waals surface area contributed by atoms with Crippen LogP contribution in [-0.2, 0) is 12.1 Å². The van der Waals surface area contributed by atoms with Gasteiger partial charge in [-0.25, -0.2) is 4.98 Å². The van der Waals surface area contributed by atoms with Crippen molar-refractivity contribution in [3.63, 3.8) is 0 Å². The molecule has 0 spiro atoms. The van der Waals surface area contributed by atoms with E-state index in [1.165, 1.54) is 24.4 Å². The summed E-state index contributed by atoms with van der Waals surface area (Å²) < 4.78 is 84.4. The summed E-state index contributed by atoms with van der Waals surface area (Å²) >= 11 is 6.35. The molecular weight excluding hydrogens is 558 g/mol. The number of hydrogen-bond acceptors (Lipinski definition) is 7. The molecule has 15 heteroatoms. The lowest BCUT2D eigenvalue weighted by atomic mass is 9.92. The lowest BCUT2D eigenvalue weighted by Crippen LogP contribution is -2.53. The third-order valence-electron chi connectivity index (χ3n) is 5.85. The number of aromatic nitrogens is 1. The number of para-hydroxylation sites is 1. The molecule has 39 heavy (non-hydrogen) atoms. The molecule has 206 valence electrons. The maximum atomic E-state index is 13.1. The van der Waals surface area contributed by atoms with Crippen LogP contribution in [0.4, 0.5) is 43.5 Å². The molecule has 1 aliphatic heterocycles. The van der Waals surface area contributed by atoms with Gasteiger partial charge in [0.25, 0.3) is 11.5 Å². The van der Waals surface area contributed by atoms with E-state index in [4.69, 9.17) is 16.3 Å². The molecule has 0 saturated heterocycles. The summed E-state index contributed by atoms with van der Waals surface area (Å²) in [6, 6.07) is 8.55. The number of carbonyl (C=O) groups excluding carboxylic acids is 1. The predicted octanol–water partition coefficient (Wildman–Crippen LogP) is 6.10. The Morgan fingerprint density at radius 1 is 1.10 bits per heavy atom. The van der Waals surface area contributed by atoms with Crippen LogP contribution >= 0.6 is 11.6 Å². The fourth-order valence-electron chi connectivity index (χ4n) is 3.96. The molecule has 1 aromatic heterocycles. The summed E-state index contributed by atoms with van der Waals surface area (Å²) in [5.74, 6) is -0.307. The van der Waals surface area contributed by atoms with Gasteiger partial charge in [-0.15, -0.1) is 0 Å². The molecule has 0 fully saturated rings. The van der Waals surface area contributed by atoms with Crippen LogP contribution in [0, 0.1) is 4.91 Å². The quantitative estimate of drug-likeness (QED) is 0.272. The van der Waals surface area contributed by atoms with Crippen LogP contribution in [0.3, 0.4) is 0 Å². The van der Waals surface area contributed by atoms with Gasteiger partial charge in [0.05, 0.1) is 22.8 Å². The Hall–Kier alpha value is -3.91.